The van der Waals surface area contributed by atoms with Gasteiger partial charge >= 0.3 is 0 Å². The predicted octanol–water partition coefficient (Wildman–Crippen LogP) is 4.94. The van der Waals surface area contributed by atoms with Gasteiger partial charge in [0.2, 0.25) is 0 Å². The average molecular weight is 520 g/mol. The Morgan fingerprint density at radius 2 is 1.63 bits per heavy atom. The van der Waals surface area contributed by atoms with Gasteiger partial charge in [0.25, 0.3) is 5.91 Å². The smallest absolute Gasteiger partial charge is 0.253 e. The molecule has 1 aliphatic rings. The van der Waals surface area contributed by atoms with Gasteiger partial charge in [-0.15, -0.1) is 0 Å². The quantitative estimate of drug-likeness (QED) is 0.474. The first-order valence-corrected chi connectivity index (χ1v) is 13.2. The average Bonchev–Trinajstić information content (AvgIpc) is 3.33. The molecule has 0 atom stereocenters. The highest BCUT2D eigenvalue weighted by molar-refractivity contribution is 5.95. The van der Waals surface area contributed by atoms with Crippen molar-refractivity contribution in [2.45, 2.75) is 46.1 Å². The Morgan fingerprint density at radius 3 is 2.18 bits per heavy atom. The Hall–Kier alpha value is -3.75. The topological polar surface area (TPSA) is 78.8 Å². The number of carbonyl (C=O) groups is 1. The summed E-state index contributed by atoms with van der Waals surface area (Å²) < 4.78 is 7.28. The third-order valence-corrected chi connectivity index (χ3v) is 6.76. The maximum absolute atomic E-state index is 13.0. The molecule has 3 heterocycles. The molecule has 0 aliphatic carbocycles. The molecule has 1 aromatic carbocycles. The molecule has 4 rings (SSSR count). The van der Waals surface area contributed by atoms with E-state index in [9.17, 15) is 4.79 Å². The van der Waals surface area contributed by atoms with Gasteiger partial charge in [-0.05, 0) is 50.2 Å². The fraction of sp³-hybridized carbons (Fsp3) is 0.483. The molecule has 1 saturated heterocycles. The number of anilines is 4. The summed E-state index contributed by atoms with van der Waals surface area (Å²) in [5, 5.41) is 8.33. The summed E-state index contributed by atoms with van der Waals surface area (Å²) >= 11 is 0. The lowest BCUT2D eigenvalue weighted by molar-refractivity contribution is 0.0827. The van der Waals surface area contributed by atoms with E-state index in [1.165, 1.54) is 5.69 Å². The highest BCUT2D eigenvalue weighted by Gasteiger charge is 2.24. The van der Waals surface area contributed by atoms with Gasteiger partial charge in [-0.3, -0.25) is 4.79 Å². The van der Waals surface area contributed by atoms with Crippen LogP contribution in [0.1, 0.15) is 56.7 Å². The van der Waals surface area contributed by atoms with E-state index >= 15 is 0 Å². The Bertz CT molecular complexity index is 1250. The molecule has 0 unspecified atom stereocenters. The largest absolute Gasteiger partial charge is 0.497 e. The van der Waals surface area contributed by atoms with Crippen molar-refractivity contribution in [3.05, 3.63) is 53.7 Å². The molecule has 0 radical (unpaired) electrons. The third kappa shape index (κ3) is 6.03. The molecule has 3 aromatic rings. The van der Waals surface area contributed by atoms with Crippen molar-refractivity contribution in [3.8, 4) is 5.75 Å². The number of hydrogen-bond acceptors (Lipinski definition) is 7. The number of piperazine rings is 1. The lowest BCUT2D eigenvalue weighted by Crippen LogP contribution is -2.47. The first-order valence-electron chi connectivity index (χ1n) is 13.2. The van der Waals surface area contributed by atoms with Crippen LogP contribution in [0.3, 0.4) is 0 Å². The van der Waals surface area contributed by atoms with Crippen LogP contribution in [0.2, 0.25) is 0 Å². The molecular formula is C29H41N7O2. The molecule has 0 spiro atoms. The van der Waals surface area contributed by atoms with Crippen molar-refractivity contribution in [2.24, 2.45) is 0 Å². The van der Waals surface area contributed by atoms with Gasteiger partial charge in [0.05, 0.1) is 12.8 Å². The van der Waals surface area contributed by atoms with Crippen LogP contribution in [0.4, 0.5) is 23.1 Å². The predicted molar refractivity (Wildman–Crippen MR) is 154 cm³/mol. The highest BCUT2D eigenvalue weighted by atomic mass is 16.5. The molecule has 1 aliphatic heterocycles. The van der Waals surface area contributed by atoms with E-state index in [2.05, 4.69) is 67.9 Å². The first-order chi connectivity index (χ1) is 18.0. The van der Waals surface area contributed by atoms with Crippen LogP contribution in [0.25, 0.3) is 0 Å². The summed E-state index contributed by atoms with van der Waals surface area (Å²) in [5.74, 6) is 3.09. The number of benzene rings is 1. The number of carbonyl (C=O) groups excluding carboxylic acids is 1. The maximum Gasteiger partial charge on any atom is 0.253 e. The Morgan fingerprint density at radius 1 is 1.00 bits per heavy atom. The second kappa shape index (κ2) is 10.9. The summed E-state index contributed by atoms with van der Waals surface area (Å²) in [4.78, 5) is 24.2. The molecule has 0 saturated carbocycles. The molecular weight excluding hydrogens is 478 g/mol. The summed E-state index contributed by atoms with van der Waals surface area (Å²) in [5.41, 5.74) is 2.70. The number of hydrogen-bond donors (Lipinski definition) is 1. The Balaban J connectivity index is 1.60. The first kappa shape index (κ1) is 27.3. The van der Waals surface area contributed by atoms with Gasteiger partial charge in [0.1, 0.15) is 23.2 Å². The number of aromatic nitrogens is 3. The highest BCUT2D eigenvalue weighted by Crippen LogP contribution is 2.29. The van der Waals surface area contributed by atoms with Gasteiger partial charge in [-0.2, -0.15) is 5.10 Å². The number of amides is 1. The van der Waals surface area contributed by atoms with E-state index in [4.69, 9.17) is 14.8 Å². The molecule has 9 heteroatoms. The normalized spacial score (nSPS) is 14.1. The fourth-order valence-electron chi connectivity index (χ4n) is 4.49. The number of rotatable bonds is 7. The van der Waals surface area contributed by atoms with Crippen molar-refractivity contribution < 1.29 is 9.53 Å². The van der Waals surface area contributed by atoms with E-state index in [0.717, 1.165) is 49.3 Å². The lowest BCUT2D eigenvalue weighted by Gasteiger charge is -2.37. The minimum absolute atomic E-state index is 0.0543. The van der Waals surface area contributed by atoms with Gasteiger partial charge in [-0.25, -0.2) is 9.67 Å². The van der Waals surface area contributed by atoms with Crippen LogP contribution in [0.5, 0.6) is 5.75 Å². The van der Waals surface area contributed by atoms with E-state index in [0.29, 0.717) is 11.4 Å². The zero-order chi connectivity index (χ0) is 27.6. The number of methoxy groups -OCH3 is 1. The monoisotopic (exact) mass is 519 g/mol. The molecule has 0 bridgehead atoms. The molecule has 1 fully saturated rings. The van der Waals surface area contributed by atoms with Crippen molar-refractivity contribution >= 4 is 29.0 Å². The standard InChI is InChI=1S/C29H41N7O2/c1-20(2)36-27(19-24(32-36)29(3,4)5)31-25-17-21(28(37)33(6)7)18-26(30-25)35-15-13-34(14-16-35)22-9-11-23(38-8)12-10-22/h9-12,17-20H,13-16H2,1-8H3,(H,30,31). The minimum Gasteiger partial charge on any atom is -0.497 e. The molecule has 1 N–H and O–H groups in total. The van der Waals surface area contributed by atoms with Crippen molar-refractivity contribution in [1.29, 1.82) is 0 Å². The second-order valence-corrected chi connectivity index (χ2v) is 11.3. The number of pyridine rings is 1. The van der Waals surface area contributed by atoms with Crippen LogP contribution in [-0.4, -0.2) is 73.0 Å². The zero-order valence-corrected chi connectivity index (χ0v) is 23.9. The minimum atomic E-state index is -0.0819. The summed E-state index contributed by atoms with van der Waals surface area (Å²) in [6.07, 6.45) is 0. The molecule has 9 nitrogen and oxygen atoms in total. The molecule has 1 amide bonds. The van der Waals surface area contributed by atoms with Crippen molar-refractivity contribution in [2.75, 3.05) is 62.5 Å². The Kier molecular flexibility index (Phi) is 7.85. The molecule has 2 aromatic heterocycles. The van der Waals surface area contributed by atoms with Gasteiger partial charge in [0, 0.05) is 69.0 Å². The van der Waals surface area contributed by atoms with Crippen molar-refractivity contribution in [1.82, 2.24) is 19.7 Å². The third-order valence-electron chi connectivity index (χ3n) is 6.76. The lowest BCUT2D eigenvalue weighted by atomic mass is 9.92. The van der Waals surface area contributed by atoms with E-state index in [-0.39, 0.29) is 17.4 Å². The number of nitrogens with zero attached hydrogens (tertiary/aromatic N) is 6. The number of ether oxygens (including phenoxy) is 1. The maximum atomic E-state index is 13.0. The number of nitrogens with one attached hydrogen (secondary N) is 1. The summed E-state index contributed by atoms with van der Waals surface area (Å²) in [7, 11) is 5.22. The van der Waals surface area contributed by atoms with Crippen LogP contribution in [-0.2, 0) is 5.41 Å². The van der Waals surface area contributed by atoms with E-state index in [1.54, 1.807) is 26.1 Å². The van der Waals surface area contributed by atoms with Crippen LogP contribution in [0, 0.1) is 0 Å². The SMILES string of the molecule is COc1ccc(N2CCN(c3cc(C(=O)N(C)C)cc(Nc4cc(C(C)(C)C)nn4C(C)C)n3)CC2)cc1. The van der Waals surface area contributed by atoms with Gasteiger partial charge < -0.3 is 24.8 Å². The molecule has 38 heavy (non-hydrogen) atoms. The zero-order valence-electron chi connectivity index (χ0n) is 23.9. The van der Waals surface area contributed by atoms with Crippen LogP contribution < -0.4 is 19.9 Å². The van der Waals surface area contributed by atoms with Crippen LogP contribution in [0.15, 0.2) is 42.5 Å². The van der Waals surface area contributed by atoms with Crippen molar-refractivity contribution in [3.63, 3.8) is 0 Å². The fourth-order valence-corrected chi connectivity index (χ4v) is 4.49. The molecule has 204 valence electrons. The summed E-state index contributed by atoms with van der Waals surface area (Å²) in [6, 6.07) is 14.1. The van der Waals surface area contributed by atoms with E-state index in [1.807, 2.05) is 28.9 Å². The second-order valence-electron chi connectivity index (χ2n) is 11.3. The summed E-state index contributed by atoms with van der Waals surface area (Å²) in [6.45, 7) is 14.0. The van der Waals surface area contributed by atoms with Crippen LogP contribution >= 0.6 is 0 Å². The Labute approximate surface area is 226 Å². The van der Waals surface area contributed by atoms with Gasteiger partial charge in [0.15, 0.2) is 0 Å². The van der Waals surface area contributed by atoms with Gasteiger partial charge in [-0.1, -0.05) is 20.8 Å². The van der Waals surface area contributed by atoms with E-state index < -0.39 is 0 Å².